The minimum atomic E-state index is -3.98. The zero-order valence-electron chi connectivity index (χ0n) is 11.0. The van der Waals surface area contributed by atoms with Crippen LogP contribution in [0, 0.1) is 11.7 Å². The molecule has 7 heteroatoms. The molecular weight excluding hydrogens is 303 g/mol. The van der Waals surface area contributed by atoms with Gasteiger partial charge < -0.3 is 5.73 Å². The lowest BCUT2D eigenvalue weighted by Gasteiger charge is -2.31. The van der Waals surface area contributed by atoms with Gasteiger partial charge in [0.2, 0.25) is 10.0 Å². The molecule has 0 spiro atoms. The maximum absolute atomic E-state index is 13.8. The molecule has 2 unspecified atom stereocenters. The van der Waals surface area contributed by atoms with Gasteiger partial charge in [-0.1, -0.05) is 30.5 Å². The lowest BCUT2D eigenvalue weighted by Crippen LogP contribution is -2.44. The van der Waals surface area contributed by atoms with Crippen molar-refractivity contribution in [3.63, 3.8) is 0 Å². The Balaban J connectivity index is 2.27. The van der Waals surface area contributed by atoms with Gasteiger partial charge in [0.1, 0.15) is 10.7 Å². The third kappa shape index (κ3) is 3.31. The van der Waals surface area contributed by atoms with Gasteiger partial charge in [-0.3, -0.25) is 0 Å². The van der Waals surface area contributed by atoms with E-state index in [0.29, 0.717) is 13.0 Å². The fourth-order valence-electron chi connectivity index (χ4n) is 2.64. The molecule has 1 saturated carbocycles. The summed E-state index contributed by atoms with van der Waals surface area (Å²) in [5, 5.41) is -0.113. The molecule has 1 aromatic rings. The van der Waals surface area contributed by atoms with Gasteiger partial charge in [0.15, 0.2) is 0 Å². The molecule has 1 aromatic carbocycles. The monoisotopic (exact) mass is 320 g/mol. The highest BCUT2D eigenvalue weighted by atomic mass is 35.5. The maximum atomic E-state index is 13.8. The number of nitrogens with one attached hydrogen (secondary N) is 1. The molecule has 0 saturated heterocycles. The second-order valence-electron chi connectivity index (χ2n) is 5.06. The van der Waals surface area contributed by atoms with Crippen LogP contribution >= 0.6 is 11.6 Å². The van der Waals surface area contributed by atoms with Crippen molar-refractivity contribution in [2.75, 3.05) is 6.54 Å². The van der Waals surface area contributed by atoms with Crippen LogP contribution in [0.1, 0.15) is 25.7 Å². The number of sulfonamides is 1. The normalized spacial score (nSPS) is 23.8. The average molecular weight is 321 g/mol. The van der Waals surface area contributed by atoms with Crippen LogP contribution in [-0.2, 0) is 10.0 Å². The summed E-state index contributed by atoms with van der Waals surface area (Å²) in [5.74, 6) is -0.755. The summed E-state index contributed by atoms with van der Waals surface area (Å²) in [6, 6.07) is 3.57. The summed E-state index contributed by atoms with van der Waals surface area (Å²) >= 11 is 5.82. The van der Waals surface area contributed by atoms with Crippen molar-refractivity contribution in [3.05, 3.63) is 29.0 Å². The Labute approximate surface area is 123 Å². The summed E-state index contributed by atoms with van der Waals surface area (Å²) in [6.45, 7) is 0.415. The van der Waals surface area contributed by atoms with Gasteiger partial charge in [-0.05, 0) is 37.4 Å². The molecule has 0 amide bonds. The molecule has 0 aromatic heterocycles. The number of halogens is 2. The molecule has 0 heterocycles. The Morgan fingerprint density at radius 3 is 2.70 bits per heavy atom. The van der Waals surface area contributed by atoms with Crippen molar-refractivity contribution in [1.29, 1.82) is 0 Å². The van der Waals surface area contributed by atoms with E-state index in [9.17, 15) is 12.8 Å². The minimum absolute atomic E-state index is 0.0871. The van der Waals surface area contributed by atoms with Crippen LogP contribution in [0.2, 0.25) is 5.02 Å². The molecule has 112 valence electrons. The van der Waals surface area contributed by atoms with E-state index < -0.39 is 20.7 Å². The first kappa shape index (κ1) is 15.7. The van der Waals surface area contributed by atoms with Gasteiger partial charge in [0.25, 0.3) is 0 Å². The Bertz CT molecular complexity index is 559. The Kier molecular flexibility index (Phi) is 5.01. The van der Waals surface area contributed by atoms with Gasteiger partial charge in [-0.2, -0.15) is 0 Å². The largest absolute Gasteiger partial charge is 0.330 e. The summed E-state index contributed by atoms with van der Waals surface area (Å²) in [6.07, 6.45) is 3.58. The molecule has 20 heavy (non-hydrogen) atoms. The summed E-state index contributed by atoms with van der Waals surface area (Å²) in [7, 11) is -3.98. The predicted octanol–water partition coefficient (Wildman–Crippen LogP) is 2.27. The Morgan fingerprint density at radius 1 is 1.35 bits per heavy atom. The quantitative estimate of drug-likeness (QED) is 0.894. The Hall–Kier alpha value is -0.690. The van der Waals surface area contributed by atoms with Crippen molar-refractivity contribution in [1.82, 2.24) is 4.72 Å². The fourth-order valence-corrected chi connectivity index (χ4v) is 4.59. The van der Waals surface area contributed by atoms with Gasteiger partial charge in [0.05, 0.1) is 5.02 Å². The smallest absolute Gasteiger partial charge is 0.245 e. The zero-order chi connectivity index (χ0) is 14.8. The molecule has 2 rings (SSSR count). The standard InChI is InChI=1S/C13H18ClFN2O2S/c14-10-5-3-6-11(15)13(10)20(18,19)17-12-7-2-1-4-9(12)8-16/h3,5-6,9,12,17H,1-2,4,7-8,16H2. The van der Waals surface area contributed by atoms with Crippen molar-refractivity contribution < 1.29 is 12.8 Å². The second kappa shape index (κ2) is 6.39. The van der Waals surface area contributed by atoms with Gasteiger partial charge in [-0.15, -0.1) is 0 Å². The van der Waals surface area contributed by atoms with E-state index in [-0.39, 0.29) is 17.0 Å². The SMILES string of the molecule is NCC1CCCCC1NS(=O)(=O)c1c(F)cccc1Cl. The number of benzene rings is 1. The molecular formula is C13H18ClFN2O2S. The maximum Gasteiger partial charge on any atom is 0.245 e. The lowest BCUT2D eigenvalue weighted by atomic mass is 9.85. The third-order valence-electron chi connectivity index (χ3n) is 3.71. The van der Waals surface area contributed by atoms with E-state index in [1.165, 1.54) is 12.1 Å². The van der Waals surface area contributed by atoms with E-state index in [2.05, 4.69) is 4.72 Å². The van der Waals surface area contributed by atoms with Crippen LogP contribution in [0.25, 0.3) is 0 Å². The molecule has 1 aliphatic carbocycles. The fraction of sp³-hybridized carbons (Fsp3) is 0.538. The first-order valence-corrected chi connectivity index (χ1v) is 8.48. The highest BCUT2D eigenvalue weighted by Crippen LogP contribution is 2.28. The minimum Gasteiger partial charge on any atom is -0.330 e. The third-order valence-corrected chi connectivity index (χ3v) is 5.70. The van der Waals surface area contributed by atoms with Crippen LogP contribution in [0.5, 0.6) is 0 Å². The van der Waals surface area contributed by atoms with Crippen LogP contribution in [0.3, 0.4) is 0 Å². The van der Waals surface area contributed by atoms with Gasteiger partial charge in [0, 0.05) is 6.04 Å². The summed E-state index contributed by atoms with van der Waals surface area (Å²) < 4.78 is 41.0. The zero-order valence-corrected chi connectivity index (χ0v) is 12.6. The van der Waals surface area contributed by atoms with Crippen molar-refractivity contribution in [2.24, 2.45) is 11.7 Å². The summed E-state index contributed by atoms with van der Waals surface area (Å²) in [5.41, 5.74) is 5.68. The molecule has 0 bridgehead atoms. The highest BCUT2D eigenvalue weighted by Gasteiger charge is 2.31. The summed E-state index contributed by atoms with van der Waals surface area (Å²) in [4.78, 5) is -0.483. The van der Waals surface area contributed by atoms with Gasteiger partial charge in [-0.25, -0.2) is 17.5 Å². The molecule has 1 fully saturated rings. The van der Waals surface area contributed by atoms with Crippen molar-refractivity contribution >= 4 is 21.6 Å². The molecule has 0 aliphatic heterocycles. The van der Waals surface area contributed by atoms with E-state index in [1.807, 2.05) is 0 Å². The van der Waals surface area contributed by atoms with Crippen molar-refractivity contribution in [3.8, 4) is 0 Å². The molecule has 3 N–H and O–H groups in total. The average Bonchev–Trinajstić information content (AvgIpc) is 2.38. The van der Waals surface area contributed by atoms with E-state index in [1.54, 1.807) is 0 Å². The van der Waals surface area contributed by atoms with Crippen molar-refractivity contribution in [2.45, 2.75) is 36.6 Å². The van der Waals surface area contributed by atoms with Crippen LogP contribution in [0.15, 0.2) is 23.1 Å². The lowest BCUT2D eigenvalue weighted by molar-refractivity contribution is 0.296. The van der Waals surface area contributed by atoms with Crippen LogP contribution in [0.4, 0.5) is 4.39 Å². The first-order valence-electron chi connectivity index (χ1n) is 6.62. The van der Waals surface area contributed by atoms with Crippen LogP contribution in [-0.4, -0.2) is 21.0 Å². The highest BCUT2D eigenvalue weighted by molar-refractivity contribution is 7.89. The molecule has 2 atom stereocenters. The molecule has 0 radical (unpaired) electrons. The number of nitrogens with two attached hydrogens (primary N) is 1. The number of rotatable bonds is 4. The second-order valence-corrected chi connectivity index (χ2v) is 7.12. The van der Waals surface area contributed by atoms with Crippen LogP contribution < -0.4 is 10.5 Å². The first-order chi connectivity index (χ1) is 9.45. The number of hydrogen-bond acceptors (Lipinski definition) is 3. The van der Waals surface area contributed by atoms with E-state index in [4.69, 9.17) is 17.3 Å². The predicted molar refractivity (Wildman–Crippen MR) is 76.5 cm³/mol. The van der Waals surface area contributed by atoms with E-state index in [0.717, 1.165) is 25.3 Å². The topological polar surface area (TPSA) is 72.2 Å². The Morgan fingerprint density at radius 2 is 2.05 bits per heavy atom. The van der Waals surface area contributed by atoms with E-state index >= 15 is 0 Å². The molecule has 1 aliphatic rings. The van der Waals surface area contributed by atoms with Gasteiger partial charge >= 0.3 is 0 Å². The number of hydrogen-bond donors (Lipinski definition) is 2. The molecule has 4 nitrogen and oxygen atoms in total.